The number of hydrogen-bond acceptors (Lipinski definition) is 5. The molecule has 0 bridgehead atoms. The Morgan fingerprint density at radius 1 is 1.00 bits per heavy atom. The van der Waals surface area contributed by atoms with Crippen molar-refractivity contribution in [2.75, 3.05) is 12.0 Å². The van der Waals surface area contributed by atoms with E-state index < -0.39 is 27.9 Å². The zero-order valence-electron chi connectivity index (χ0n) is 15.6. The summed E-state index contributed by atoms with van der Waals surface area (Å²) in [5.74, 6) is -0.543. The molecule has 3 N–H and O–H groups in total. The lowest BCUT2D eigenvalue weighted by molar-refractivity contribution is -0.123. The van der Waals surface area contributed by atoms with Crippen molar-refractivity contribution in [3.63, 3.8) is 0 Å². The molecule has 2 aromatic carbocycles. The lowest BCUT2D eigenvalue weighted by Gasteiger charge is -2.18. The van der Waals surface area contributed by atoms with Gasteiger partial charge in [0.05, 0.1) is 4.90 Å². The van der Waals surface area contributed by atoms with Crippen molar-refractivity contribution in [2.45, 2.75) is 24.3 Å². The Labute approximate surface area is 169 Å². The number of amides is 2. The molecule has 0 aliphatic heterocycles. The molecule has 2 aromatic rings. The summed E-state index contributed by atoms with van der Waals surface area (Å²) >= 11 is 1.49. The maximum Gasteiger partial charge on any atom is 0.269 e. The molecular formula is C19H23N3O4S2. The van der Waals surface area contributed by atoms with Crippen LogP contribution >= 0.6 is 11.8 Å². The van der Waals surface area contributed by atoms with E-state index in [1.807, 2.05) is 13.2 Å². The minimum Gasteiger partial charge on any atom is -0.271 e. The topological polar surface area (TPSA) is 104 Å². The number of nitrogens with one attached hydrogen (secondary N) is 3. The number of aryl methyl sites for hydroxylation is 1. The third kappa shape index (κ3) is 6.36. The molecule has 2 amide bonds. The monoisotopic (exact) mass is 421 g/mol. The van der Waals surface area contributed by atoms with Crippen LogP contribution in [-0.4, -0.2) is 38.3 Å². The second-order valence-electron chi connectivity index (χ2n) is 6.08. The van der Waals surface area contributed by atoms with Crippen molar-refractivity contribution in [3.05, 3.63) is 65.7 Å². The highest BCUT2D eigenvalue weighted by Crippen LogP contribution is 2.10. The first-order valence-electron chi connectivity index (χ1n) is 8.56. The van der Waals surface area contributed by atoms with Gasteiger partial charge in [-0.25, -0.2) is 8.42 Å². The van der Waals surface area contributed by atoms with E-state index in [1.54, 1.807) is 42.5 Å². The molecule has 0 saturated carbocycles. The summed E-state index contributed by atoms with van der Waals surface area (Å²) in [4.78, 5) is 24.7. The highest BCUT2D eigenvalue weighted by atomic mass is 32.2. The van der Waals surface area contributed by atoms with Gasteiger partial charge in [0, 0.05) is 5.56 Å². The lowest BCUT2D eigenvalue weighted by atomic mass is 10.1. The fraction of sp³-hybridized carbons (Fsp3) is 0.263. The van der Waals surface area contributed by atoms with E-state index in [1.165, 1.54) is 23.9 Å². The second-order valence-corrected chi connectivity index (χ2v) is 8.78. The van der Waals surface area contributed by atoms with Crippen molar-refractivity contribution in [2.24, 2.45) is 0 Å². The van der Waals surface area contributed by atoms with E-state index in [0.29, 0.717) is 11.3 Å². The van der Waals surface area contributed by atoms with Gasteiger partial charge in [-0.2, -0.15) is 16.5 Å². The predicted octanol–water partition coefficient (Wildman–Crippen LogP) is 1.86. The van der Waals surface area contributed by atoms with Crippen molar-refractivity contribution >= 4 is 33.6 Å². The Morgan fingerprint density at radius 3 is 2.25 bits per heavy atom. The van der Waals surface area contributed by atoms with E-state index in [9.17, 15) is 18.0 Å². The van der Waals surface area contributed by atoms with E-state index in [0.717, 1.165) is 5.56 Å². The summed E-state index contributed by atoms with van der Waals surface area (Å²) in [5, 5.41) is 0. The van der Waals surface area contributed by atoms with E-state index >= 15 is 0 Å². The van der Waals surface area contributed by atoms with Crippen LogP contribution in [0.3, 0.4) is 0 Å². The Bertz CT molecular complexity index is 901. The van der Waals surface area contributed by atoms with Crippen molar-refractivity contribution in [1.29, 1.82) is 0 Å². The van der Waals surface area contributed by atoms with Crippen molar-refractivity contribution in [3.8, 4) is 0 Å². The molecule has 2 rings (SSSR count). The minimum atomic E-state index is -3.86. The van der Waals surface area contributed by atoms with Crippen LogP contribution in [0.2, 0.25) is 0 Å². The molecule has 0 aromatic heterocycles. The number of benzene rings is 2. The maximum atomic E-state index is 12.5. The molecule has 1 atom stereocenters. The third-order valence-electron chi connectivity index (χ3n) is 3.89. The van der Waals surface area contributed by atoms with Gasteiger partial charge in [-0.3, -0.25) is 20.4 Å². The molecule has 0 radical (unpaired) electrons. The Morgan fingerprint density at radius 2 is 1.64 bits per heavy atom. The lowest BCUT2D eigenvalue weighted by Crippen LogP contribution is -2.52. The largest absolute Gasteiger partial charge is 0.271 e. The van der Waals surface area contributed by atoms with Crippen LogP contribution in [0.25, 0.3) is 0 Å². The van der Waals surface area contributed by atoms with Gasteiger partial charge in [-0.1, -0.05) is 35.9 Å². The SMILES string of the molecule is CSCC[C@H](NS(=O)(=O)c1ccccc1)C(=O)NNC(=O)c1ccc(C)cc1. The normalized spacial score (nSPS) is 12.2. The number of hydrogen-bond donors (Lipinski definition) is 3. The van der Waals surface area contributed by atoms with E-state index in [-0.39, 0.29) is 11.3 Å². The number of carbonyl (C=O) groups excluding carboxylic acids is 2. The maximum absolute atomic E-state index is 12.5. The first-order valence-corrected chi connectivity index (χ1v) is 11.4. The Kier molecular flexibility index (Phi) is 8.04. The number of sulfonamides is 1. The fourth-order valence-electron chi connectivity index (χ4n) is 2.32. The molecule has 150 valence electrons. The Hall–Kier alpha value is -2.36. The van der Waals surface area contributed by atoms with Crippen molar-refractivity contribution < 1.29 is 18.0 Å². The summed E-state index contributed by atoms with van der Waals surface area (Å²) in [7, 11) is -3.86. The molecule has 9 heteroatoms. The van der Waals surface area contributed by atoms with E-state index in [4.69, 9.17) is 0 Å². The van der Waals surface area contributed by atoms with Crippen LogP contribution in [0.15, 0.2) is 59.5 Å². The van der Waals surface area contributed by atoms with Crippen LogP contribution in [0.4, 0.5) is 0 Å². The molecule has 0 spiro atoms. The van der Waals surface area contributed by atoms with Crippen LogP contribution in [0.1, 0.15) is 22.3 Å². The average Bonchev–Trinajstić information content (AvgIpc) is 2.70. The second kappa shape index (κ2) is 10.3. The van der Waals surface area contributed by atoms with Crippen LogP contribution < -0.4 is 15.6 Å². The highest BCUT2D eigenvalue weighted by molar-refractivity contribution is 7.98. The van der Waals surface area contributed by atoms with Crippen LogP contribution in [0, 0.1) is 6.92 Å². The smallest absolute Gasteiger partial charge is 0.269 e. The highest BCUT2D eigenvalue weighted by Gasteiger charge is 2.25. The van der Waals surface area contributed by atoms with Crippen molar-refractivity contribution in [1.82, 2.24) is 15.6 Å². The zero-order valence-corrected chi connectivity index (χ0v) is 17.3. The standard InChI is InChI=1S/C19H23N3O4S2/c1-14-8-10-15(11-9-14)18(23)20-21-19(24)17(12-13-27-2)22-28(25,26)16-6-4-3-5-7-16/h3-11,17,22H,12-13H2,1-2H3,(H,20,23)(H,21,24)/t17-/m0/s1. The molecule has 0 unspecified atom stereocenters. The molecule has 0 saturated heterocycles. The summed E-state index contributed by atoms with van der Waals surface area (Å²) in [5.41, 5.74) is 6.02. The fourth-order valence-corrected chi connectivity index (χ4v) is 4.04. The number of carbonyl (C=O) groups is 2. The molecule has 0 heterocycles. The molecule has 7 nitrogen and oxygen atoms in total. The van der Waals surface area contributed by atoms with Gasteiger partial charge in [0.2, 0.25) is 10.0 Å². The van der Waals surface area contributed by atoms with Gasteiger partial charge in [-0.15, -0.1) is 0 Å². The molecular weight excluding hydrogens is 398 g/mol. The van der Waals surface area contributed by atoms with Gasteiger partial charge < -0.3 is 0 Å². The first-order chi connectivity index (χ1) is 13.3. The average molecular weight is 422 g/mol. The quantitative estimate of drug-likeness (QED) is 0.565. The summed E-state index contributed by atoms with van der Waals surface area (Å²) in [6.07, 6.45) is 2.14. The molecule has 0 aliphatic rings. The number of thioether (sulfide) groups is 1. The number of hydrazine groups is 1. The van der Waals surface area contributed by atoms with Gasteiger partial charge >= 0.3 is 0 Å². The van der Waals surface area contributed by atoms with Crippen LogP contribution in [-0.2, 0) is 14.8 Å². The minimum absolute atomic E-state index is 0.0700. The van der Waals surface area contributed by atoms with Gasteiger partial charge in [0.15, 0.2) is 0 Å². The molecule has 0 fully saturated rings. The molecule has 28 heavy (non-hydrogen) atoms. The van der Waals surface area contributed by atoms with Gasteiger partial charge in [-0.05, 0) is 49.6 Å². The van der Waals surface area contributed by atoms with Crippen LogP contribution in [0.5, 0.6) is 0 Å². The first kappa shape index (κ1) is 21.9. The summed E-state index contributed by atoms with van der Waals surface area (Å²) < 4.78 is 27.4. The van der Waals surface area contributed by atoms with Gasteiger partial charge in [0.25, 0.3) is 11.8 Å². The predicted molar refractivity (Wildman–Crippen MR) is 110 cm³/mol. The van der Waals surface area contributed by atoms with Gasteiger partial charge in [0.1, 0.15) is 6.04 Å². The summed E-state index contributed by atoms with van der Waals surface area (Å²) in [6, 6.07) is 13.6. The third-order valence-corrected chi connectivity index (χ3v) is 6.02. The van der Waals surface area contributed by atoms with E-state index in [2.05, 4.69) is 15.6 Å². The number of rotatable bonds is 8. The molecule has 0 aliphatic carbocycles. The summed E-state index contributed by atoms with van der Waals surface area (Å²) in [6.45, 7) is 1.90. The Balaban J connectivity index is 2.04. The zero-order chi connectivity index (χ0) is 20.6.